The van der Waals surface area contributed by atoms with Crippen molar-refractivity contribution in [3.63, 3.8) is 0 Å². The predicted octanol–water partition coefficient (Wildman–Crippen LogP) is 9.72. The van der Waals surface area contributed by atoms with Crippen LogP contribution >= 0.6 is 10.0 Å². The number of fused-ring (bicyclic) bond motifs is 5. The maximum absolute atomic E-state index is 5.33. The fraction of sp³-hybridized carbons (Fsp3) is 0.0200. The van der Waals surface area contributed by atoms with E-state index in [4.69, 9.17) is 4.98 Å². The highest BCUT2D eigenvalue weighted by molar-refractivity contribution is 8.33. The number of nitrogens with zero attached hydrogens (tertiary/aromatic N) is 3. The Labute approximate surface area is 324 Å². The molecule has 0 saturated carbocycles. The molecule has 0 unspecified atom stereocenters. The summed E-state index contributed by atoms with van der Waals surface area (Å²) >= 11 is 0. The van der Waals surface area contributed by atoms with Crippen LogP contribution < -0.4 is 20.7 Å². The number of hydrogen-bond acceptors (Lipinski definition) is 1. The van der Waals surface area contributed by atoms with Crippen LogP contribution in [0.25, 0.3) is 33.5 Å². The average molecular weight is 742 g/mol. The molecule has 0 atom stereocenters. The third-order valence-electron chi connectivity index (χ3n) is 11.2. The molecular formula is C50H39N3SSi. The first kappa shape index (κ1) is 33.2. The molecule has 0 radical (unpaired) electrons. The molecule has 264 valence electrons. The van der Waals surface area contributed by atoms with E-state index in [1.807, 2.05) is 0 Å². The van der Waals surface area contributed by atoms with Gasteiger partial charge in [-0.25, -0.2) is 4.98 Å². The molecule has 0 bridgehead atoms. The first-order chi connectivity index (χ1) is 27.2. The van der Waals surface area contributed by atoms with Gasteiger partial charge in [0.25, 0.3) is 0 Å². The van der Waals surface area contributed by atoms with Crippen molar-refractivity contribution in [2.45, 2.75) is 14.7 Å². The zero-order chi connectivity index (χ0) is 36.8. The normalized spacial score (nSPS) is 12.4. The van der Waals surface area contributed by atoms with Crippen molar-refractivity contribution < 1.29 is 0 Å². The van der Waals surface area contributed by atoms with Gasteiger partial charge in [0.2, 0.25) is 5.78 Å². The molecule has 0 fully saturated rings. The molecule has 10 rings (SSSR count). The molecule has 10 aromatic rings. The Morgan fingerprint density at radius 3 is 1.47 bits per heavy atom. The lowest BCUT2D eigenvalue weighted by molar-refractivity contribution is 1.11. The summed E-state index contributed by atoms with van der Waals surface area (Å²) in [6.07, 6.45) is 2.46. The number of imidazole rings is 2. The molecule has 55 heavy (non-hydrogen) atoms. The molecule has 0 spiro atoms. The lowest BCUT2D eigenvalue weighted by Gasteiger charge is -2.40. The van der Waals surface area contributed by atoms with E-state index >= 15 is 0 Å². The van der Waals surface area contributed by atoms with Crippen LogP contribution in [0.1, 0.15) is 0 Å². The molecule has 2 heterocycles. The molecule has 2 aromatic heterocycles. The van der Waals surface area contributed by atoms with Crippen LogP contribution in [0.2, 0.25) is 0 Å². The van der Waals surface area contributed by atoms with Crippen molar-refractivity contribution in [1.82, 2.24) is 14.0 Å². The second-order valence-electron chi connectivity index (χ2n) is 14.2. The first-order valence-corrected chi connectivity index (χ1v) is 22.8. The summed E-state index contributed by atoms with van der Waals surface area (Å²) in [5.74, 6) is 0.915. The van der Waals surface area contributed by atoms with Crippen LogP contribution in [0.4, 0.5) is 0 Å². The van der Waals surface area contributed by atoms with Gasteiger partial charge in [0, 0.05) is 5.69 Å². The van der Waals surface area contributed by atoms with Crippen LogP contribution in [0, 0.1) is 0 Å². The standard InChI is InChI=1S/C50H39N3SSi/c1-54(39-22-9-3-10-23-39,40-24-11-4-12-25-40)41-26-19-31-44(36-41)55(42-27-13-5-14-28-42,43-29-15-6-16-30-43)45-34-35-46-49(37-45)53-48-33-18-17-32-47(48)52(50(53)51-46)38-20-7-2-8-21-38/h2-37H,1H3. The molecular weight excluding hydrogens is 703 g/mol. The van der Waals surface area contributed by atoms with Gasteiger partial charge in [0.05, 0.1) is 22.1 Å². The minimum absolute atomic E-state index is 0.915. The largest absolute Gasteiger partial charge is 0.278 e. The van der Waals surface area contributed by atoms with E-state index in [2.05, 4.69) is 234 Å². The van der Waals surface area contributed by atoms with E-state index in [-0.39, 0.29) is 0 Å². The van der Waals surface area contributed by atoms with E-state index in [9.17, 15) is 0 Å². The quantitative estimate of drug-likeness (QED) is 0.112. The van der Waals surface area contributed by atoms with Gasteiger partial charge in [-0.15, -0.1) is 0 Å². The van der Waals surface area contributed by atoms with Crippen LogP contribution in [0.3, 0.4) is 0 Å². The number of para-hydroxylation sites is 3. The molecule has 0 aliphatic heterocycles. The maximum Gasteiger partial charge on any atom is 0.220 e. The Morgan fingerprint density at radius 2 is 0.873 bits per heavy atom. The summed E-state index contributed by atoms with van der Waals surface area (Å²) < 4.78 is 4.65. The summed E-state index contributed by atoms with van der Waals surface area (Å²) in [6, 6.07) is 80.6. The lowest BCUT2D eigenvalue weighted by Crippen LogP contribution is -2.74. The highest BCUT2D eigenvalue weighted by atomic mass is 32.3. The summed E-state index contributed by atoms with van der Waals surface area (Å²) in [7, 11) is -4.55. The number of benzene rings is 8. The second-order valence-corrected chi connectivity index (χ2v) is 21.2. The van der Waals surface area contributed by atoms with Crippen molar-refractivity contribution in [2.75, 3.05) is 6.26 Å². The van der Waals surface area contributed by atoms with Crippen molar-refractivity contribution in [3.05, 3.63) is 218 Å². The zero-order valence-corrected chi connectivity index (χ0v) is 32.4. The minimum atomic E-state index is -2.95. The molecule has 8 aromatic carbocycles. The van der Waals surface area contributed by atoms with Gasteiger partial charge >= 0.3 is 0 Å². The molecule has 0 saturated heterocycles. The molecule has 3 nitrogen and oxygen atoms in total. The predicted molar refractivity (Wildman–Crippen MR) is 234 cm³/mol. The van der Waals surface area contributed by atoms with Crippen LogP contribution in [0.15, 0.2) is 233 Å². The van der Waals surface area contributed by atoms with Crippen molar-refractivity contribution in [2.24, 2.45) is 0 Å². The fourth-order valence-electron chi connectivity index (χ4n) is 8.62. The van der Waals surface area contributed by atoms with Gasteiger partial charge in [-0.1, -0.05) is 146 Å². The SMILES string of the molecule is CS(c1ccccc1)(c1ccccc1)c1cccc([Si](c2ccccc2)(c2ccccc2)c2ccc3nc4n(-c5ccccc5)c5ccccc5n4c3c2)c1. The van der Waals surface area contributed by atoms with E-state index < -0.39 is 18.1 Å². The van der Waals surface area contributed by atoms with Gasteiger partial charge in [-0.2, -0.15) is 10.0 Å². The summed E-state index contributed by atoms with van der Waals surface area (Å²) in [5.41, 5.74) is 5.47. The third-order valence-corrected chi connectivity index (χ3v) is 19.6. The summed E-state index contributed by atoms with van der Waals surface area (Å²) in [5, 5.41) is 5.38. The highest BCUT2D eigenvalue weighted by Gasteiger charge is 2.42. The van der Waals surface area contributed by atoms with E-state index in [0.717, 1.165) is 33.5 Å². The molecule has 0 aliphatic rings. The van der Waals surface area contributed by atoms with Crippen LogP contribution in [-0.2, 0) is 0 Å². The monoisotopic (exact) mass is 741 g/mol. The number of rotatable bonds is 8. The Balaban J connectivity index is 1.29. The van der Waals surface area contributed by atoms with Crippen LogP contribution in [-0.4, -0.2) is 28.3 Å². The zero-order valence-electron chi connectivity index (χ0n) is 30.5. The lowest BCUT2D eigenvalue weighted by atomic mass is 10.2. The number of aromatic nitrogens is 3. The smallest absolute Gasteiger partial charge is 0.220 e. The minimum Gasteiger partial charge on any atom is -0.278 e. The first-order valence-electron chi connectivity index (χ1n) is 18.7. The van der Waals surface area contributed by atoms with Gasteiger partial charge in [0.1, 0.15) is 0 Å². The fourth-order valence-corrected chi connectivity index (χ4v) is 16.4. The van der Waals surface area contributed by atoms with E-state index in [0.29, 0.717) is 0 Å². The van der Waals surface area contributed by atoms with E-state index in [1.165, 1.54) is 35.4 Å². The van der Waals surface area contributed by atoms with Gasteiger partial charge < -0.3 is 0 Å². The van der Waals surface area contributed by atoms with Crippen LogP contribution in [0.5, 0.6) is 0 Å². The molecule has 0 amide bonds. The Kier molecular flexibility index (Phi) is 8.13. The van der Waals surface area contributed by atoms with Crippen molar-refractivity contribution >= 4 is 66.7 Å². The Hall–Kier alpha value is -6.40. The summed E-state index contributed by atoms with van der Waals surface area (Å²) in [6.45, 7) is 0. The van der Waals surface area contributed by atoms with E-state index in [1.54, 1.807) is 0 Å². The maximum atomic E-state index is 5.33. The number of hydrogen-bond donors (Lipinski definition) is 0. The Bertz CT molecular complexity index is 2850. The highest BCUT2D eigenvalue weighted by Crippen LogP contribution is 2.65. The average Bonchev–Trinajstić information content (AvgIpc) is 3.80. The van der Waals surface area contributed by atoms with Gasteiger partial charge in [0.15, 0.2) is 8.07 Å². The molecule has 0 aliphatic carbocycles. The summed E-state index contributed by atoms with van der Waals surface area (Å²) in [4.78, 5) is 9.38. The van der Waals surface area contributed by atoms with Crippen molar-refractivity contribution in [3.8, 4) is 5.69 Å². The molecule has 0 N–H and O–H groups in total. The topological polar surface area (TPSA) is 22.2 Å². The van der Waals surface area contributed by atoms with Gasteiger partial charge in [-0.3, -0.25) is 8.97 Å². The third kappa shape index (κ3) is 5.23. The molecule has 5 heteroatoms. The van der Waals surface area contributed by atoms with Gasteiger partial charge in [-0.05, 0) is 114 Å². The Morgan fingerprint density at radius 1 is 0.400 bits per heavy atom. The van der Waals surface area contributed by atoms with Crippen molar-refractivity contribution in [1.29, 1.82) is 0 Å². The second kappa shape index (κ2) is 13.5.